The molecular weight excluding hydrogens is 174 g/mol. The molecule has 3 heteroatoms. The van der Waals surface area contributed by atoms with Crippen LogP contribution in [0, 0.1) is 5.92 Å². The van der Waals surface area contributed by atoms with Crippen molar-refractivity contribution in [1.82, 2.24) is 4.90 Å². The third-order valence-corrected chi connectivity index (χ3v) is 6.19. The molecule has 0 aromatic heterocycles. The molecular formula is C8H20ClNSi. The summed E-state index contributed by atoms with van der Waals surface area (Å²) in [4.78, 5) is 2.28. The standard InChI is InChI=1S/C8H20ClNSi/c1-5-7(2)8(11,6-9)10(3)4/h7H,5-6H2,1-4,11H3. The second kappa shape index (κ2) is 4.48. The summed E-state index contributed by atoms with van der Waals surface area (Å²) in [6, 6.07) is 0. The molecule has 0 fully saturated rings. The summed E-state index contributed by atoms with van der Waals surface area (Å²) in [6.45, 7) is 4.52. The Labute approximate surface area is 78.5 Å². The van der Waals surface area contributed by atoms with Crippen LogP contribution in [0.5, 0.6) is 0 Å². The lowest BCUT2D eigenvalue weighted by molar-refractivity contribution is 0.194. The molecule has 68 valence electrons. The SMILES string of the molecule is CCC(C)C([SiH3])(CCl)N(C)C. The Morgan fingerprint density at radius 2 is 2.00 bits per heavy atom. The smallest absolute Gasteiger partial charge is 0.0373 e. The van der Waals surface area contributed by atoms with Gasteiger partial charge in [-0.05, 0) is 20.0 Å². The van der Waals surface area contributed by atoms with Crippen molar-refractivity contribution in [2.24, 2.45) is 5.92 Å². The minimum atomic E-state index is 0.288. The van der Waals surface area contributed by atoms with E-state index in [9.17, 15) is 0 Å². The van der Waals surface area contributed by atoms with Crippen LogP contribution >= 0.6 is 11.6 Å². The summed E-state index contributed by atoms with van der Waals surface area (Å²) in [6.07, 6.45) is 1.22. The summed E-state index contributed by atoms with van der Waals surface area (Å²) >= 11 is 5.97. The van der Waals surface area contributed by atoms with Crippen LogP contribution in [-0.2, 0) is 0 Å². The molecule has 0 aliphatic carbocycles. The van der Waals surface area contributed by atoms with Crippen molar-refractivity contribution in [3.63, 3.8) is 0 Å². The lowest BCUT2D eigenvalue weighted by Gasteiger charge is -2.40. The highest BCUT2D eigenvalue weighted by Crippen LogP contribution is 2.23. The van der Waals surface area contributed by atoms with E-state index in [1.54, 1.807) is 0 Å². The first kappa shape index (κ1) is 11.5. The van der Waals surface area contributed by atoms with Crippen LogP contribution in [0.2, 0.25) is 0 Å². The molecule has 0 radical (unpaired) electrons. The molecule has 0 aliphatic heterocycles. The summed E-state index contributed by atoms with van der Waals surface area (Å²) in [5, 5.41) is 0.288. The third-order valence-electron chi connectivity index (χ3n) is 2.97. The van der Waals surface area contributed by atoms with Gasteiger partial charge in [-0.3, -0.25) is 0 Å². The monoisotopic (exact) mass is 193 g/mol. The number of hydrogen-bond acceptors (Lipinski definition) is 1. The lowest BCUT2D eigenvalue weighted by Crippen LogP contribution is -2.51. The van der Waals surface area contributed by atoms with Crippen LogP contribution in [0.4, 0.5) is 0 Å². The maximum absolute atomic E-state index is 5.97. The fourth-order valence-corrected chi connectivity index (χ4v) is 2.04. The summed E-state index contributed by atoms with van der Waals surface area (Å²) in [5.74, 6) is 1.47. The molecule has 0 heterocycles. The fourth-order valence-electron chi connectivity index (χ4n) is 1.13. The van der Waals surface area contributed by atoms with Crippen molar-refractivity contribution in [1.29, 1.82) is 0 Å². The largest absolute Gasteiger partial charge is 0.306 e. The predicted molar refractivity (Wildman–Crippen MR) is 56.5 cm³/mol. The molecule has 0 saturated heterocycles. The van der Waals surface area contributed by atoms with Gasteiger partial charge in [-0.15, -0.1) is 11.6 Å². The van der Waals surface area contributed by atoms with Crippen molar-refractivity contribution in [2.75, 3.05) is 20.0 Å². The maximum Gasteiger partial charge on any atom is 0.0373 e. The van der Waals surface area contributed by atoms with Crippen LogP contribution in [0.1, 0.15) is 20.3 Å². The number of halogens is 1. The van der Waals surface area contributed by atoms with Gasteiger partial charge in [-0.2, -0.15) is 0 Å². The van der Waals surface area contributed by atoms with Gasteiger partial charge < -0.3 is 4.90 Å². The quantitative estimate of drug-likeness (QED) is 0.474. The van der Waals surface area contributed by atoms with Gasteiger partial charge in [0.1, 0.15) is 0 Å². The number of rotatable bonds is 4. The van der Waals surface area contributed by atoms with Crippen LogP contribution in [-0.4, -0.2) is 40.3 Å². The zero-order chi connectivity index (χ0) is 9.07. The second-order valence-corrected chi connectivity index (χ2v) is 5.69. The Bertz CT molecular complexity index is 119. The molecule has 0 aliphatic rings. The van der Waals surface area contributed by atoms with E-state index >= 15 is 0 Å². The van der Waals surface area contributed by atoms with Crippen LogP contribution in [0.25, 0.3) is 0 Å². The van der Waals surface area contributed by atoms with E-state index in [0.29, 0.717) is 5.92 Å². The van der Waals surface area contributed by atoms with Crippen molar-refractivity contribution >= 4 is 21.8 Å². The highest BCUT2D eigenvalue weighted by Gasteiger charge is 2.30. The molecule has 0 aromatic rings. The van der Waals surface area contributed by atoms with Gasteiger partial charge in [-0.25, -0.2) is 0 Å². The molecule has 2 unspecified atom stereocenters. The minimum absolute atomic E-state index is 0.288. The van der Waals surface area contributed by atoms with Crippen LogP contribution in [0.3, 0.4) is 0 Å². The first-order valence-corrected chi connectivity index (χ1v) is 5.75. The average molecular weight is 194 g/mol. The number of hydrogen-bond donors (Lipinski definition) is 0. The van der Waals surface area contributed by atoms with E-state index < -0.39 is 0 Å². The Hall–Kier alpha value is 0.467. The normalized spacial score (nSPS) is 20.2. The van der Waals surface area contributed by atoms with Crippen LogP contribution in [0.15, 0.2) is 0 Å². The molecule has 2 atom stereocenters. The zero-order valence-corrected chi connectivity index (χ0v) is 11.1. The molecule has 0 N–H and O–H groups in total. The second-order valence-electron chi connectivity index (χ2n) is 3.69. The van der Waals surface area contributed by atoms with E-state index in [0.717, 1.165) is 16.1 Å². The van der Waals surface area contributed by atoms with Gasteiger partial charge in [-0.1, -0.05) is 20.3 Å². The molecule has 0 spiro atoms. The average Bonchev–Trinajstić information content (AvgIpc) is 2.01. The first-order chi connectivity index (χ1) is 4.99. The number of nitrogens with zero attached hydrogens (tertiary/aromatic N) is 1. The topological polar surface area (TPSA) is 3.24 Å². The van der Waals surface area contributed by atoms with Gasteiger partial charge in [0, 0.05) is 21.3 Å². The molecule has 0 saturated carbocycles. The van der Waals surface area contributed by atoms with Crippen molar-refractivity contribution in [3.05, 3.63) is 0 Å². The summed E-state index contributed by atoms with van der Waals surface area (Å²) < 4.78 is 0. The molecule has 0 bridgehead atoms. The van der Waals surface area contributed by atoms with E-state index in [1.165, 1.54) is 6.42 Å². The Balaban J connectivity index is 4.32. The lowest BCUT2D eigenvalue weighted by atomic mass is 9.99. The van der Waals surface area contributed by atoms with Gasteiger partial charge in [0.15, 0.2) is 0 Å². The Morgan fingerprint density at radius 3 is 2.09 bits per heavy atom. The fraction of sp³-hybridized carbons (Fsp3) is 1.00. The summed E-state index contributed by atoms with van der Waals surface area (Å²) in [5.41, 5.74) is 0. The molecule has 11 heavy (non-hydrogen) atoms. The highest BCUT2D eigenvalue weighted by molar-refractivity contribution is 6.26. The molecule has 0 aromatic carbocycles. The summed E-state index contributed by atoms with van der Waals surface area (Å²) in [7, 11) is 5.39. The molecule has 0 amide bonds. The predicted octanol–water partition coefficient (Wildman–Crippen LogP) is 0.895. The van der Waals surface area contributed by atoms with Gasteiger partial charge in [0.2, 0.25) is 0 Å². The van der Waals surface area contributed by atoms with Gasteiger partial charge in [0.25, 0.3) is 0 Å². The third kappa shape index (κ3) is 2.46. The highest BCUT2D eigenvalue weighted by atomic mass is 35.5. The number of alkyl halides is 1. The first-order valence-electron chi connectivity index (χ1n) is 4.22. The maximum atomic E-state index is 5.97. The Kier molecular flexibility index (Phi) is 4.67. The van der Waals surface area contributed by atoms with E-state index in [2.05, 4.69) is 32.8 Å². The molecule has 0 rings (SSSR count). The van der Waals surface area contributed by atoms with E-state index in [-0.39, 0.29) is 5.16 Å². The van der Waals surface area contributed by atoms with Crippen molar-refractivity contribution < 1.29 is 0 Å². The van der Waals surface area contributed by atoms with Crippen LogP contribution < -0.4 is 0 Å². The van der Waals surface area contributed by atoms with E-state index in [1.807, 2.05) is 0 Å². The van der Waals surface area contributed by atoms with Gasteiger partial charge in [0.05, 0.1) is 0 Å². The Morgan fingerprint density at radius 1 is 1.55 bits per heavy atom. The van der Waals surface area contributed by atoms with Gasteiger partial charge >= 0.3 is 0 Å². The van der Waals surface area contributed by atoms with Crippen molar-refractivity contribution in [2.45, 2.75) is 25.4 Å². The molecule has 1 nitrogen and oxygen atoms in total. The minimum Gasteiger partial charge on any atom is -0.306 e. The zero-order valence-electron chi connectivity index (χ0n) is 8.32. The van der Waals surface area contributed by atoms with E-state index in [4.69, 9.17) is 11.6 Å². The van der Waals surface area contributed by atoms with Crippen molar-refractivity contribution in [3.8, 4) is 0 Å².